The van der Waals surface area contributed by atoms with E-state index in [0.29, 0.717) is 0 Å². The second-order valence-electron chi connectivity index (χ2n) is 4.06. The Labute approximate surface area is 110 Å². The molecule has 1 heterocycles. The van der Waals surface area contributed by atoms with E-state index in [2.05, 4.69) is 0 Å². The van der Waals surface area contributed by atoms with E-state index in [1.54, 1.807) is 0 Å². The maximum absolute atomic E-state index is 14.0. The summed E-state index contributed by atoms with van der Waals surface area (Å²) in [6, 6.07) is 1.84. The van der Waals surface area contributed by atoms with Crippen LogP contribution in [0.2, 0.25) is 0 Å². The van der Waals surface area contributed by atoms with E-state index in [9.17, 15) is 17.2 Å². The lowest BCUT2D eigenvalue weighted by Gasteiger charge is -2.26. The zero-order chi connectivity index (χ0) is 14.0. The van der Waals surface area contributed by atoms with Crippen molar-refractivity contribution in [3.63, 3.8) is 0 Å². The Hall–Kier alpha value is -1.09. The Kier molecular flexibility index (Phi) is 4.14. The third-order valence-electron chi connectivity index (χ3n) is 2.94. The molecule has 0 atom stereocenters. The van der Waals surface area contributed by atoms with Crippen LogP contribution < -0.4 is 5.73 Å². The topological polar surface area (TPSA) is 72.6 Å². The van der Waals surface area contributed by atoms with Gasteiger partial charge in [-0.05, 0) is 12.1 Å². The molecule has 1 fully saturated rings. The average molecular weight is 292 g/mol. The smallest absolute Gasteiger partial charge is 0.246 e. The number of ether oxygens (including phenoxy) is 1. The fourth-order valence-electron chi connectivity index (χ4n) is 1.89. The van der Waals surface area contributed by atoms with Crippen LogP contribution in [0.5, 0.6) is 0 Å². The Morgan fingerprint density at radius 3 is 2.47 bits per heavy atom. The minimum Gasteiger partial charge on any atom is -0.379 e. The van der Waals surface area contributed by atoms with E-state index in [1.165, 1.54) is 0 Å². The summed E-state index contributed by atoms with van der Waals surface area (Å²) < 4.78 is 58.0. The van der Waals surface area contributed by atoms with Crippen LogP contribution in [-0.4, -0.2) is 39.0 Å². The molecule has 0 bridgehead atoms. The van der Waals surface area contributed by atoms with Crippen LogP contribution in [0.15, 0.2) is 17.0 Å². The van der Waals surface area contributed by atoms with Crippen molar-refractivity contribution in [1.29, 1.82) is 0 Å². The van der Waals surface area contributed by atoms with Crippen molar-refractivity contribution in [3.8, 4) is 0 Å². The maximum atomic E-state index is 14.0. The van der Waals surface area contributed by atoms with Gasteiger partial charge in [0, 0.05) is 25.2 Å². The molecule has 0 spiro atoms. The highest BCUT2D eigenvalue weighted by Crippen LogP contribution is 2.24. The molecule has 1 aromatic rings. The molecule has 1 aromatic carbocycles. The van der Waals surface area contributed by atoms with E-state index in [0.717, 1.165) is 16.4 Å². The molecule has 0 aromatic heterocycles. The summed E-state index contributed by atoms with van der Waals surface area (Å²) >= 11 is 0. The molecule has 0 radical (unpaired) electrons. The number of morpholine rings is 1. The minimum absolute atomic E-state index is 0.150. The van der Waals surface area contributed by atoms with Gasteiger partial charge in [-0.15, -0.1) is 0 Å². The van der Waals surface area contributed by atoms with Crippen molar-refractivity contribution >= 4 is 10.0 Å². The molecule has 5 nitrogen and oxygen atoms in total. The first-order valence-electron chi connectivity index (χ1n) is 5.73. The number of nitrogens with zero attached hydrogens (tertiary/aromatic N) is 1. The summed E-state index contributed by atoms with van der Waals surface area (Å²) in [5, 5.41) is 0. The Morgan fingerprint density at radius 1 is 1.26 bits per heavy atom. The molecule has 8 heteroatoms. The summed E-state index contributed by atoms with van der Waals surface area (Å²) in [7, 11) is -3.99. The Morgan fingerprint density at radius 2 is 1.89 bits per heavy atom. The van der Waals surface area contributed by atoms with Gasteiger partial charge in [0.05, 0.1) is 13.2 Å². The van der Waals surface area contributed by atoms with Gasteiger partial charge >= 0.3 is 0 Å². The fourth-order valence-corrected chi connectivity index (χ4v) is 3.39. The van der Waals surface area contributed by atoms with Gasteiger partial charge in [-0.3, -0.25) is 0 Å². The number of nitrogens with two attached hydrogens (primary N) is 1. The maximum Gasteiger partial charge on any atom is 0.246 e. The quantitative estimate of drug-likeness (QED) is 0.877. The van der Waals surface area contributed by atoms with Gasteiger partial charge in [-0.2, -0.15) is 4.31 Å². The van der Waals surface area contributed by atoms with Crippen molar-refractivity contribution in [1.82, 2.24) is 4.31 Å². The minimum atomic E-state index is -3.99. The highest BCUT2D eigenvalue weighted by atomic mass is 32.2. The third kappa shape index (κ3) is 2.62. The van der Waals surface area contributed by atoms with Crippen LogP contribution in [0.1, 0.15) is 5.56 Å². The van der Waals surface area contributed by atoms with Crippen LogP contribution in [0.4, 0.5) is 8.78 Å². The van der Waals surface area contributed by atoms with Crippen LogP contribution in [0, 0.1) is 11.6 Å². The first-order valence-corrected chi connectivity index (χ1v) is 7.17. The van der Waals surface area contributed by atoms with Crippen LogP contribution in [0.3, 0.4) is 0 Å². The lowest BCUT2D eigenvalue weighted by molar-refractivity contribution is 0.0729. The van der Waals surface area contributed by atoms with Gasteiger partial charge in [-0.25, -0.2) is 17.2 Å². The van der Waals surface area contributed by atoms with E-state index in [1.807, 2.05) is 0 Å². The summed E-state index contributed by atoms with van der Waals surface area (Å²) in [6.45, 7) is 0.413. The van der Waals surface area contributed by atoms with E-state index in [4.69, 9.17) is 10.5 Å². The highest BCUT2D eigenvalue weighted by molar-refractivity contribution is 7.89. The third-order valence-corrected chi connectivity index (χ3v) is 4.86. The van der Waals surface area contributed by atoms with Crippen molar-refractivity contribution in [2.24, 2.45) is 5.73 Å². The number of rotatable bonds is 3. The number of sulfonamides is 1. The van der Waals surface area contributed by atoms with Gasteiger partial charge in [0.1, 0.15) is 10.7 Å². The molecule has 0 aliphatic carbocycles. The molecule has 0 unspecified atom stereocenters. The zero-order valence-corrected chi connectivity index (χ0v) is 10.9. The summed E-state index contributed by atoms with van der Waals surface area (Å²) in [4.78, 5) is -0.545. The van der Waals surface area contributed by atoms with E-state index < -0.39 is 38.7 Å². The molecule has 2 N–H and O–H groups in total. The molecule has 19 heavy (non-hydrogen) atoms. The summed E-state index contributed by atoms with van der Waals surface area (Å²) in [5.74, 6) is -1.96. The van der Waals surface area contributed by atoms with Gasteiger partial charge < -0.3 is 10.5 Å². The lowest BCUT2D eigenvalue weighted by Crippen LogP contribution is -2.41. The Balaban J connectivity index is 2.46. The van der Waals surface area contributed by atoms with Gasteiger partial charge in [0.25, 0.3) is 0 Å². The molecule has 0 saturated carbocycles. The standard InChI is InChI=1S/C11H14F2N2O3S/c12-9-1-2-10(11(13)8(9)7-14)19(16,17)15-3-5-18-6-4-15/h1-2H,3-7,14H2. The van der Waals surface area contributed by atoms with Crippen molar-refractivity contribution < 1.29 is 21.9 Å². The largest absolute Gasteiger partial charge is 0.379 e. The van der Waals surface area contributed by atoms with Crippen molar-refractivity contribution in [2.45, 2.75) is 11.4 Å². The fraction of sp³-hybridized carbons (Fsp3) is 0.455. The van der Waals surface area contributed by atoms with E-state index in [-0.39, 0.29) is 26.3 Å². The second-order valence-corrected chi connectivity index (χ2v) is 5.96. The highest BCUT2D eigenvalue weighted by Gasteiger charge is 2.30. The molecule has 106 valence electrons. The van der Waals surface area contributed by atoms with Crippen LogP contribution in [0.25, 0.3) is 0 Å². The molecule has 2 rings (SSSR count). The first kappa shape index (κ1) is 14.3. The molecule has 1 aliphatic heterocycles. The summed E-state index contributed by atoms with van der Waals surface area (Å²) in [5.41, 5.74) is 4.81. The van der Waals surface area contributed by atoms with E-state index >= 15 is 0 Å². The predicted molar refractivity (Wildman–Crippen MR) is 63.8 cm³/mol. The lowest BCUT2D eigenvalue weighted by atomic mass is 10.2. The number of benzene rings is 1. The molecular weight excluding hydrogens is 278 g/mol. The SMILES string of the molecule is NCc1c(F)ccc(S(=O)(=O)N2CCOCC2)c1F. The number of halogens is 2. The summed E-state index contributed by atoms with van der Waals surface area (Å²) in [6.07, 6.45) is 0. The van der Waals surface area contributed by atoms with Crippen LogP contribution in [-0.2, 0) is 21.3 Å². The number of hydrogen-bond donors (Lipinski definition) is 1. The normalized spacial score (nSPS) is 17.6. The first-order chi connectivity index (χ1) is 8.98. The van der Waals surface area contributed by atoms with Crippen molar-refractivity contribution in [2.75, 3.05) is 26.3 Å². The monoisotopic (exact) mass is 292 g/mol. The number of hydrogen-bond acceptors (Lipinski definition) is 4. The predicted octanol–water partition coefficient (Wildman–Crippen LogP) is 0.444. The zero-order valence-electron chi connectivity index (χ0n) is 10.1. The average Bonchev–Trinajstić information content (AvgIpc) is 2.40. The van der Waals surface area contributed by atoms with Crippen LogP contribution >= 0.6 is 0 Å². The van der Waals surface area contributed by atoms with Gasteiger partial charge in [0.15, 0.2) is 5.82 Å². The van der Waals surface area contributed by atoms with Crippen molar-refractivity contribution in [3.05, 3.63) is 29.3 Å². The Bertz CT molecular complexity index is 572. The molecule has 1 aliphatic rings. The van der Waals surface area contributed by atoms with Gasteiger partial charge in [0.2, 0.25) is 10.0 Å². The molecule has 0 amide bonds. The van der Waals surface area contributed by atoms with Gasteiger partial charge in [-0.1, -0.05) is 0 Å². The second kappa shape index (κ2) is 5.49. The molecular formula is C11H14F2N2O3S. The molecule has 1 saturated heterocycles.